The Morgan fingerprint density at radius 1 is 1.00 bits per heavy atom. The van der Waals surface area contributed by atoms with Crippen LogP contribution in [-0.2, 0) is 20.7 Å². The Hall–Kier alpha value is -2.17. The summed E-state index contributed by atoms with van der Waals surface area (Å²) in [6.07, 6.45) is 2.37. The number of aryl methyl sites for hydroxylation is 1. The summed E-state index contributed by atoms with van der Waals surface area (Å²) in [6.45, 7) is 2.04. The van der Waals surface area contributed by atoms with Crippen LogP contribution in [0.2, 0.25) is 5.02 Å². The maximum Gasteiger partial charge on any atom is 0.154 e. The molecular formula is C23H21ClO4. The van der Waals surface area contributed by atoms with Crippen LogP contribution in [0.5, 0.6) is 11.5 Å². The zero-order valence-electron chi connectivity index (χ0n) is 15.6. The van der Waals surface area contributed by atoms with Gasteiger partial charge >= 0.3 is 0 Å². The third-order valence-electron chi connectivity index (χ3n) is 6.34. The van der Waals surface area contributed by atoms with Crippen LogP contribution >= 0.6 is 11.6 Å². The van der Waals surface area contributed by atoms with Gasteiger partial charge < -0.3 is 9.47 Å². The van der Waals surface area contributed by atoms with Gasteiger partial charge in [-0.05, 0) is 60.7 Å². The molecule has 3 fully saturated rings. The highest BCUT2D eigenvalue weighted by atomic mass is 35.5. The summed E-state index contributed by atoms with van der Waals surface area (Å²) in [4.78, 5) is 26.4. The summed E-state index contributed by atoms with van der Waals surface area (Å²) in [6, 6.07) is 12.8. The number of hydrogen-bond donors (Lipinski definition) is 0. The SMILES string of the molecule is CCc1ccc(Oc2cccc(Cl)c2)cc1C1C(=O)[C@@H]2[C@H](C1=O)[C@H]1CC[C@@H]2O1. The highest BCUT2D eigenvalue weighted by molar-refractivity contribution is 6.30. The summed E-state index contributed by atoms with van der Waals surface area (Å²) in [7, 11) is 0. The highest BCUT2D eigenvalue weighted by Gasteiger charge is 2.63. The third kappa shape index (κ3) is 2.70. The van der Waals surface area contributed by atoms with Crippen molar-refractivity contribution in [2.45, 2.75) is 44.3 Å². The number of hydrogen-bond acceptors (Lipinski definition) is 4. The first-order valence-electron chi connectivity index (χ1n) is 9.86. The molecule has 5 atom stereocenters. The topological polar surface area (TPSA) is 52.6 Å². The number of ketones is 2. The van der Waals surface area contributed by atoms with Crippen LogP contribution in [0.15, 0.2) is 42.5 Å². The van der Waals surface area contributed by atoms with Crippen LogP contribution in [0.3, 0.4) is 0 Å². The standard InChI is InChI=1S/C23H21ClO4/c1-2-12-6-7-15(27-14-5-3-4-13(24)10-14)11-16(12)19-22(25)20-17-8-9-18(28-17)21(20)23(19)26/h3-7,10-11,17-21H,2,8-9H2,1H3/t17-,18+,19?,20-,21+. The molecule has 0 N–H and O–H groups in total. The number of carbonyl (C=O) groups excluding carboxylic acids is 2. The molecule has 4 nitrogen and oxygen atoms in total. The Morgan fingerprint density at radius 2 is 1.68 bits per heavy atom. The van der Waals surface area contributed by atoms with Gasteiger partial charge in [-0.3, -0.25) is 9.59 Å². The van der Waals surface area contributed by atoms with Gasteiger partial charge in [-0.25, -0.2) is 0 Å². The Morgan fingerprint density at radius 3 is 2.32 bits per heavy atom. The molecule has 5 rings (SSSR count). The fraction of sp³-hybridized carbons (Fsp3) is 0.391. The van der Waals surface area contributed by atoms with Crippen molar-refractivity contribution in [3.63, 3.8) is 0 Å². The number of Topliss-reactive ketones (excluding diaryl/α,β-unsaturated/α-hetero) is 2. The van der Waals surface area contributed by atoms with Crippen LogP contribution in [0.25, 0.3) is 0 Å². The van der Waals surface area contributed by atoms with Crippen LogP contribution in [0.4, 0.5) is 0 Å². The van der Waals surface area contributed by atoms with E-state index in [4.69, 9.17) is 21.1 Å². The van der Waals surface area contributed by atoms with Crippen molar-refractivity contribution in [2.24, 2.45) is 11.8 Å². The third-order valence-corrected chi connectivity index (χ3v) is 6.58. The molecule has 0 aromatic heterocycles. The van der Waals surface area contributed by atoms with Crippen molar-refractivity contribution in [2.75, 3.05) is 0 Å². The van der Waals surface area contributed by atoms with Gasteiger partial charge in [0.25, 0.3) is 0 Å². The number of carbonyl (C=O) groups is 2. The van der Waals surface area contributed by atoms with Crippen molar-refractivity contribution in [1.82, 2.24) is 0 Å². The van der Waals surface area contributed by atoms with Crippen molar-refractivity contribution in [3.8, 4) is 11.5 Å². The average molecular weight is 397 g/mol. The van der Waals surface area contributed by atoms with Crippen molar-refractivity contribution < 1.29 is 19.1 Å². The van der Waals surface area contributed by atoms with E-state index in [9.17, 15) is 9.59 Å². The summed E-state index contributed by atoms with van der Waals surface area (Å²) in [5.41, 5.74) is 1.80. The normalized spacial score (nSPS) is 30.7. The lowest BCUT2D eigenvalue weighted by Crippen LogP contribution is -2.29. The van der Waals surface area contributed by atoms with Gasteiger partial charge in [-0.2, -0.15) is 0 Å². The molecule has 2 bridgehead atoms. The number of rotatable bonds is 4. The molecule has 2 saturated heterocycles. The molecule has 1 unspecified atom stereocenters. The first-order chi connectivity index (χ1) is 13.6. The number of halogens is 1. The molecular weight excluding hydrogens is 376 g/mol. The van der Waals surface area contributed by atoms with E-state index in [0.29, 0.717) is 16.5 Å². The van der Waals surface area contributed by atoms with Crippen molar-refractivity contribution >= 4 is 23.2 Å². The minimum atomic E-state index is -0.695. The molecule has 2 aromatic carbocycles. The van der Waals surface area contributed by atoms with Crippen LogP contribution in [0, 0.1) is 11.8 Å². The van der Waals surface area contributed by atoms with Crippen LogP contribution in [-0.4, -0.2) is 23.8 Å². The summed E-state index contributed by atoms with van der Waals surface area (Å²) < 4.78 is 11.8. The van der Waals surface area contributed by atoms with Crippen LogP contribution < -0.4 is 4.74 Å². The summed E-state index contributed by atoms with van der Waals surface area (Å²) in [5, 5.41) is 0.590. The fourth-order valence-electron chi connectivity index (χ4n) is 5.13. The van der Waals surface area contributed by atoms with E-state index in [-0.39, 0.29) is 35.6 Å². The van der Waals surface area contributed by atoms with Crippen molar-refractivity contribution in [1.29, 1.82) is 0 Å². The molecule has 1 aliphatic carbocycles. The second kappa shape index (κ2) is 6.71. The number of fused-ring (bicyclic) bond motifs is 5. The van der Waals surface area contributed by atoms with E-state index >= 15 is 0 Å². The van der Waals surface area contributed by atoms with E-state index in [1.54, 1.807) is 12.1 Å². The van der Waals surface area contributed by atoms with Gasteiger partial charge in [-0.15, -0.1) is 0 Å². The van der Waals surface area contributed by atoms with E-state index < -0.39 is 5.92 Å². The predicted molar refractivity (Wildman–Crippen MR) is 105 cm³/mol. The summed E-state index contributed by atoms with van der Waals surface area (Å²) in [5.74, 6) is 0.0480. The molecule has 5 heteroatoms. The van der Waals surface area contributed by atoms with E-state index in [1.165, 1.54) is 0 Å². The number of benzene rings is 2. The lowest BCUT2D eigenvalue weighted by Gasteiger charge is -2.17. The summed E-state index contributed by atoms with van der Waals surface area (Å²) >= 11 is 6.04. The van der Waals surface area contributed by atoms with Crippen LogP contribution in [0.1, 0.15) is 36.8 Å². The Labute approximate surface area is 168 Å². The monoisotopic (exact) mass is 396 g/mol. The first kappa shape index (κ1) is 17.9. The Bertz CT molecular complexity index is 941. The van der Waals surface area contributed by atoms with Gasteiger partial charge in [0.1, 0.15) is 17.4 Å². The molecule has 0 spiro atoms. The highest BCUT2D eigenvalue weighted by Crippen LogP contribution is 2.52. The minimum absolute atomic E-state index is 0.0248. The Balaban J connectivity index is 1.50. The van der Waals surface area contributed by atoms with E-state index in [2.05, 4.69) is 0 Å². The smallest absolute Gasteiger partial charge is 0.154 e. The number of ether oxygens (including phenoxy) is 2. The maximum absolute atomic E-state index is 13.2. The first-order valence-corrected chi connectivity index (χ1v) is 10.2. The minimum Gasteiger partial charge on any atom is -0.457 e. The molecule has 2 heterocycles. The lowest BCUT2D eigenvalue weighted by atomic mass is 9.81. The molecule has 3 aliphatic rings. The van der Waals surface area contributed by atoms with Gasteiger partial charge in [0, 0.05) is 5.02 Å². The molecule has 0 amide bonds. The molecule has 1 saturated carbocycles. The maximum atomic E-state index is 13.2. The molecule has 2 aliphatic heterocycles. The van der Waals surface area contributed by atoms with Gasteiger partial charge in [0.2, 0.25) is 0 Å². The molecule has 0 radical (unpaired) electrons. The largest absolute Gasteiger partial charge is 0.457 e. The average Bonchev–Trinajstić information content (AvgIpc) is 3.36. The molecule has 2 aromatic rings. The predicted octanol–water partition coefficient (Wildman–Crippen LogP) is 4.72. The fourth-order valence-corrected chi connectivity index (χ4v) is 5.31. The van der Waals surface area contributed by atoms with E-state index in [0.717, 1.165) is 30.4 Å². The zero-order valence-corrected chi connectivity index (χ0v) is 16.3. The van der Waals surface area contributed by atoms with E-state index in [1.807, 2.05) is 37.3 Å². The van der Waals surface area contributed by atoms with Gasteiger partial charge in [0.15, 0.2) is 11.6 Å². The Kier molecular flexibility index (Phi) is 4.29. The zero-order chi connectivity index (χ0) is 19.4. The van der Waals surface area contributed by atoms with Gasteiger partial charge in [-0.1, -0.05) is 30.7 Å². The molecule has 28 heavy (non-hydrogen) atoms. The molecule has 144 valence electrons. The van der Waals surface area contributed by atoms with Crippen molar-refractivity contribution in [3.05, 3.63) is 58.6 Å². The lowest BCUT2D eigenvalue weighted by molar-refractivity contribution is -0.127. The quantitative estimate of drug-likeness (QED) is 0.701. The second-order valence-corrected chi connectivity index (χ2v) is 8.29. The second-order valence-electron chi connectivity index (χ2n) is 7.85. The van der Waals surface area contributed by atoms with Gasteiger partial charge in [0.05, 0.1) is 24.0 Å².